The SMILES string of the molecule is Cc1ccccc1N/N=C\c1ccc(-c2ncn(-c3ccc(OC(F)(F)F)cc3)n2)cc1.NC=S. The van der Waals surface area contributed by atoms with Gasteiger partial charge in [0.2, 0.25) is 0 Å². The Morgan fingerprint density at radius 3 is 2.31 bits per heavy atom. The van der Waals surface area contributed by atoms with Gasteiger partial charge in [-0.25, -0.2) is 9.67 Å². The Labute approximate surface area is 205 Å². The summed E-state index contributed by atoms with van der Waals surface area (Å²) in [5.74, 6) is 0.192. The van der Waals surface area contributed by atoms with Gasteiger partial charge in [-0.15, -0.1) is 18.3 Å². The molecule has 35 heavy (non-hydrogen) atoms. The average Bonchev–Trinajstić information content (AvgIpc) is 3.31. The van der Waals surface area contributed by atoms with Crippen LogP contribution in [0, 0.1) is 6.92 Å². The standard InChI is InChI=1S/C23H18F3N5O.CH3NS/c1-16-4-2-3-5-21(16)29-28-14-17-6-8-18(9-7-17)22-27-15-31(30-22)19-10-12-20(13-11-19)32-23(24,25)26;2-1-3/h2-15,29H,1H3;1H,(H2,2,3)/b28-14-;. The van der Waals surface area contributed by atoms with Gasteiger partial charge in [0.15, 0.2) is 5.82 Å². The van der Waals surface area contributed by atoms with Gasteiger partial charge in [0.1, 0.15) is 12.1 Å². The van der Waals surface area contributed by atoms with E-state index in [0.29, 0.717) is 11.5 Å². The van der Waals surface area contributed by atoms with Gasteiger partial charge in [-0.2, -0.15) is 5.10 Å². The maximum Gasteiger partial charge on any atom is 0.573 e. The van der Waals surface area contributed by atoms with Crippen LogP contribution >= 0.6 is 12.2 Å². The summed E-state index contributed by atoms with van der Waals surface area (Å²) in [6.45, 7) is 2.00. The van der Waals surface area contributed by atoms with E-state index >= 15 is 0 Å². The highest BCUT2D eigenvalue weighted by atomic mass is 32.1. The van der Waals surface area contributed by atoms with Crippen molar-refractivity contribution in [1.82, 2.24) is 14.8 Å². The lowest BCUT2D eigenvalue weighted by Gasteiger charge is -2.09. The summed E-state index contributed by atoms with van der Waals surface area (Å²) in [7, 11) is 0. The van der Waals surface area contributed by atoms with Crippen molar-refractivity contribution in [3.63, 3.8) is 0 Å². The normalized spacial score (nSPS) is 11.0. The third-order valence-corrected chi connectivity index (χ3v) is 4.54. The molecular formula is C24H21F3N6OS. The van der Waals surface area contributed by atoms with Gasteiger partial charge in [0.25, 0.3) is 0 Å². The number of anilines is 1. The number of rotatable bonds is 6. The highest BCUT2D eigenvalue weighted by Gasteiger charge is 2.31. The Bertz CT molecular complexity index is 1270. The van der Waals surface area contributed by atoms with Gasteiger partial charge in [-0.1, -0.05) is 54.7 Å². The lowest BCUT2D eigenvalue weighted by atomic mass is 10.1. The van der Waals surface area contributed by atoms with Crippen molar-refractivity contribution in [2.45, 2.75) is 13.3 Å². The molecule has 0 amide bonds. The summed E-state index contributed by atoms with van der Waals surface area (Å²) in [6.07, 6.45) is -1.52. The number of nitrogens with one attached hydrogen (secondary N) is 1. The predicted octanol–water partition coefficient (Wildman–Crippen LogP) is 5.49. The first-order valence-corrected chi connectivity index (χ1v) is 10.6. The van der Waals surface area contributed by atoms with Crippen LogP contribution in [0.5, 0.6) is 5.75 Å². The molecule has 4 aromatic rings. The molecule has 1 heterocycles. The minimum atomic E-state index is -4.73. The number of nitrogens with two attached hydrogens (primary N) is 1. The summed E-state index contributed by atoms with van der Waals surface area (Å²) in [4.78, 5) is 4.28. The molecule has 0 radical (unpaired) electrons. The topological polar surface area (TPSA) is 90.3 Å². The average molecular weight is 499 g/mol. The van der Waals surface area contributed by atoms with E-state index in [4.69, 9.17) is 0 Å². The number of aromatic nitrogens is 3. The Morgan fingerprint density at radius 1 is 1.03 bits per heavy atom. The second-order valence-corrected chi connectivity index (χ2v) is 7.27. The van der Waals surface area contributed by atoms with Gasteiger partial charge in [-0.05, 0) is 48.4 Å². The van der Waals surface area contributed by atoms with Crippen LogP contribution in [0.15, 0.2) is 84.2 Å². The zero-order valence-corrected chi connectivity index (χ0v) is 19.3. The van der Waals surface area contributed by atoms with E-state index in [9.17, 15) is 13.2 Å². The number of thiocarbonyl (C=S) groups is 1. The van der Waals surface area contributed by atoms with Crippen molar-refractivity contribution in [1.29, 1.82) is 0 Å². The first kappa shape index (κ1) is 25.4. The van der Waals surface area contributed by atoms with Gasteiger partial charge in [-0.3, -0.25) is 5.43 Å². The van der Waals surface area contributed by atoms with E-state index in [1.54, 1.807) is 6.21 Å². The van der Waals surface area contributed by atoms with Crippen LogP contribution in [0.1, 0.15) is 11.1 Å². The number of alkyl halides is 3. The second-order valence-electron chi connectivity index (χ2n) is 7.00. The van der Waals surface area contributed by atoms with Crippen LogP contribution < -0.4 is 15.9 Å². The fraction of sp³-hybridized carbons (Fsp3) is 0.0833. The largest absolute Gasteiger partial charge is 0.573 e. The fourth-order valence-corrected chi connectivity index (χ4v) is 2.91. The molecule has 180 valence electrons. The van der Waals surface area contributed by atoms with Crippen LogP contribution in [-0.4, -0.2) is 32.8 Å². The molecule has 0 atom stereocenters. The number of hydrazone groups is 1. The van der Waals surface area contributed by atoms with Crippen LogP contribution in [-0.2, 0) is 0 Å². The number of benzene rings is 3. The molecule has 1 aromatic heterocycles. The third-order valence-electron chi connectivity index (χ3n) is 4.54. The van der Waals surface area contributed by atoms with Crippen molar-refractivity contribution in [3.05, 3.63) is 90.3 Å². The number of ether oxygens (including phenoxy) is 1. The number of hydrogen-bond acceptors (Lipinski definition) is 6. The van der Waals surface area contributed by atoms with Crippen LogP contribution in [0.2, 0.25) is 0 Å². The van der Waals surface area contributed by atoms with E-state index in [1.165, 1.54) is 35.3 Å². The number of nitrogens with zero attached hydrogens (tertiary/aromatic N) is 4. The summed E-state index contributed by atoms with van der Waals surface area (Å²) in [5.41, 5.74) is 12.9. The summed E-state index contributed by atoms with van der Waals surface area (Å²) >= 11 is 4.05. The van der Waals surface area contributed by atoms with Crippen molar-refractivity contribution < 1.29 is 17.9 Å². The van der Waals surface area contributed by atoms with Gasteiger partial charge in [0.05, 0.1) is 23.1 Å². The minimum Gasteiger partial charge on any atom is -0.406 e. The van der Waals surface area contributed by atoms with Crippen molar-refractivity contribution in [3.8, 4) is 22.8 Å². The van der Waals surface area contributed by atoms with Crippen molar-refractivity contribution in [2.24, 2.45) is 10.8 Å². The smallest absolute Gasteiger partial charge is 0.406 e. The van der Waals surface area contributed by atoms with E-state index in [2.05, 4.69) is 43.3 Å². The van der Waals surface area contributed by atoms with Gasteiger partial charge >= 0.3 is 6.36 Å². The van der Waals surface area contributed by atoms with Crippen molar-refractivity contribution >= 4 is 29.6 Å². The highest BCUT2D eigenvalue weighted by molar-refractivity contribution is 7.78. The number of halogens is 3. The lowest BCUT2D eigenvalue weighted by molar-refractivity contribution is -0.274. The summed E-state index contributed by atoms with van der Waals surface area (Å²) in [6, 6.07) is 20.8. The lowest BCUT2D eigenvalue weighted by Crippen LogP contribution is -2.17. The van der Waals surface area contributed by atoms with Gasteiger partial charge < -0.3 is 10.5 Å². The molecule has 0 saturated heterocycles. The van der Waals surface area contributed by atoms with E-state index in [-0.39, 0.29) is 5.75 Å². The predicted molar refractivity (Wildman–Crippen MR) is 134 cm³/mol. The minimum absolute atomic E-state index is 0.296. The molecule has 0 spiro atoms. The zero-order chi connectivity index (χ0) is 25.3. The third kappa shape index (κ3) is 7.64. The van der Waals surface area contributed by atoms with Crippen molar-refractivity contribution in [2.75, 3.05) is 5.43 Å². The maximum atomic E-state index is 12.3. The molecule has 3 aromatic carbocycles. The van der Waals surface area contributed by atoms with E-state index < -0.39 is 6.36 Å². The van der Waals surface area contributed by atoms with Crippen LogP contribution in [0.4, 0.5) is 18.9 Å². The molecule has 3 N–H and O–H groups in total. The molecule has 0 unspecified atom stereocenters. The molecule has 7 nitrogen and oxygen atoms in total. The first-order valence-electron chi connectivity index (χ1n) is 10.2. The maximum absolute atomic E-state index is 12.3. The number of para-hydroxylation sites is 1. The number of hydrogen-bond donors (Lipinski definition) is 2. The van der Waals surface area contributed by atoms with E-state index in [0.717, 1.165) is 27.9 Å². The Balaban J connectivity index is 0.00000108. The fourth-order valence-electron chi connectivity index (χ4n) is 2.91. The monoisotopic (exact) mass is 498 g/mol. The van der Waals surface area contributed by atoms with Gasteiger partial charge in [0, 0.05) is 5.56 Å². The van der Waals surface area contributed by atoms with Crippen LogP contribution in [0.3, 0.4) is 0 Å². The molecule has 0 aliphatic rings. The second kappa shape index (κ2) is 11.7. The van der Waals surface area contributed by atoms with E-state index in [1.807, 2.05) is 55.5 Å². The molecule has 0 aliphatic carbocycles. The molecule has 0 fully saturated rings. The highest BCUT2D eigenvalue weighted by Crippen LogP contribution is 2.24. The Hall–Kier alpha value is -4.25. The Kier molecular flexibility index (Phi) is 8.52. The number of aryl methyl sites for hydroxylation is 1. The molecular weight excluding hydrogens is 477 g/mol. The molecule has 0 bridgehead atoms. The summed E-state index contributed by atoms with van der Waals surface area (Å²) in [5, 5.41) is 8.65. The molecule has 11 heteroatoms. The molecule has 0 aliphatic heterocycles. The quantitative estimate of drug-likeness (QED) is 0.208. The Morgan fingerprint density at radius 2 is 1.69 bits per heavy atom. The molecule has 4 rings (SSSR count). The summed E-state index contributed by atoms with van der Waals surface area (Å²) < 4.78 is 42.2. The molecule has 0 saturated carbocycles. The zero-order valence-electron chi connectivity index (χ0n) is 18.5. The van der Waals surface area contributed by atoms with Crippen LogP contribution in [0.25, 0.3) is 17.1 Å². The first-order chi connectivity index (χ1) is 16.8.